The van der Waals surface area contributed by atoms with Gasteiger partial charge in [0.15, 0.2) is 15.9 Å². The van der Waals surface area contributed by atoms with Gasteiger partial charge in [-0.1, -0.05) is 65.5 Å². The smallest absolute Gasteiger partial charge is 0.280 e. The second kappa shape index (κ2) is 6.09. The van der Waals surface area contributed by atoms with E-state index in [4.69, 9.17) is 18.1 Å². The third kappa shape index (κ3) is 3.60. The molecule has 0 saturated carbocycles. The molecule has 8 heteroatoms. The fourth-order valence-electron chi connectivity index (χ4n) is 2.18. The maximum atomic E-state index is 12.1. The fraction of sp³-hybridized carbons (Fsp3) is 0.500. The van der Waals surface area contributed by atoms with Gasteiger partial charge in [0, 0.05) is 16.9 Å². The first-order valence-corrected chi connectivity index (χ1v) is 8.69. The summed E-state index contributed by atoms with van der Waals surface area (Å²) in [5.74, 6) is 5.66. The average molecular weight is 367 g/mol. The van der Waals surface area contributed by atoms with E-state index in [0.29, 0.717) is 22.1 Å². The van der Waals surface area contributed by atoms with E-state index in [9.17, 15) is 9.90 Å². The van der Waals surface area contributed by atoms with Crippen molar-refractivity contribution in [3.8, 4) is 5.75 Å². The second-order valence-corrected chi connectivity index (χ2v) is 9.36. The van der Waals surface area contributed by atoms with Gasteiger partial charge in [0.1, 0.15) is 0 Å². The van der Waals surface area contributed by atoms with Gasteiger partial charge in [-0.15, -0.1) is 0 Å². The lowest BCUT2D eigenvalue weighted by Gasteiger charge is -2.25. The summed E-state index contributed by atoms with van der Waals surface area (Å²) in [6.45, 7) is 11.8. The van der Waals surface area contributed by atoms with E-state index >= 15 is 0 Å². The van der Waals surface area contributed by atoms with Gasteiger partial charge in [-0.2, -0.15) is 0 Å². The first-order chi connectivity index (χ1) is 10.8. The van der Waals surface area contributed by atoms with Crippen LogP contribution in [0.2, 0.25) is 0 Å². The maximum Gasteiger partial charge on any atom is 0.280 e. The quantitative estimate of drug-likeness (QED) is 0.342. The molecule has 2 heterocycles. The molecule has 2 rings (SSSR count). The first kappa shape index (κ1) is 18.8. The molecule has 1 amide bonds. The van der Waals surface area contributed by atoms with E-state index in [1.807, 2.05) is 41.5 Å². The highest BCUT2D eigenvalue weighted by Crippen LogP contribution is 2.37. The van der Waals surface area contributed by atoms with Crippen LogP contribution in [0.4, 0.5) is 0 Å². The summed E-state index contributed by atoms with van der Waals surface area (Å²) in [5, 5.41) is 11.5. The van der Waals surface area contributed by atoms with Crippen LogP contribution in [0.5, 0.6) is 5.75 Å². The molecule has 0 bridgehead atoms. The summed E-state index contributed by atoms with van der Waals surface area (Å²) in [5.41, 5.74) is 0.332. The van der Waals surface area contributed by atoms with Crippen LogP contribution in [0, 0.1) is 0 Å². The third-order valence-corrected chi connectivity index (χ3v) is 4.74. The Labute approximate surface area is 151 Å². The third-order valence-electron chi connectivity index (χ3n) is 3.41. The SMILES string of the molecule is CC(C)(C)c1nc(C=C2SC(=S)N(N)C2=O)nc(C(C)(C)C)c1O. The summed E-state index contributed by atoms with van der Waals surface area (Å²) in [4.78, 5) is 21.4. The van der Waals surface area contributed by atoms with Gasteiger partial charge in [-0.25, -0.2) is 20.8 Å². The summed E-state index contributed by atoms with van der Waals surface area (Å²) in [6, 6.07) is 0. The zero-order valence-corrected chi connectivity index (χ0v) is 16.3. The topological polar surface area (TPSA) is 92.3 Å². The summed E-state index contributed by atoms with van der Waals surface area (Å²) >= 11 is 6.13. The summed E-state index contributed by atoms with van der Waals surface area (Å²) < 4.78 is 0.289. The van der Waals surface area contributed by atoms with Crippen LogP contribution >= 0.6 is 24.0 Å². The zero-order valence-electron chi connectivity index (χ0n) is 14.7. The minimum Gasteiger partial charge on any atom is -0.504 e. The van der Waals surface area contributed by atoms with Crippen molar-refractivity contribution in [1.29, 1.82) is 0 Å². The Morgan fingerprint density at radius 1 is 1.12 bits per heavy atom. The molecule has 0 aromatic carbocycles. The monoisotopic (exact) mass is 366 g/mol. The van der Waals surface area contributed by atoms with Crippen LogP contribution in [0.3, 0.4) is 0 Å². The Morgan fingerprint density at radius 3 is 1.92 bits per heavy atom. The first-order valence-electron chi connectivity index (χ1n) is 7.47. The lowest BCUT2D eigenvalue weighted by molar-refractivity contribution is -0.122. The number of nitrogens with two attached hydrogens (primary N) is 1. The van der Waals surface area contributed by atoms with E-state index in [1.165, 1.54) is 0 Å². The molecule has 1 aromatic heterocycles. The van der Waals surface area contributed by atoms with Crippen molar-refractivity contribution in [2.24, 2.45) is 5.84 Å². The van der Waals surface area contributed by atoms with E-state index < -0.39 is 0 Å². The molecular weight excluding hydrogens is 344 g/mol. The van der Waals surface area contributed by atoms with Gasteiger partial charge >= 0.3 is 0 Å². The predicted octanol–water partition coefficient (Wildman–Crippen LogP) is 2.85. The standard InChI is InChI=1S/C16H22N4O2S2/c1-15(2,3)11-10(21)12(16(4,5)6)19-9(18-11)7-8-13(22)20(17)14(23)24-8/h7,21H,17H2,1-6H3. The molecule has 1 fully saturated rings. The molecule has 0 atom stereocenters. The van der Waals surface area contributed by atoms with Crippen LogP contribution < -0.4 is 5.84 Å². The average Bonchev–Trinajstić information content (AvgIpc) is 2.65. The molecule has 0 spiro atoms. The number of aromatic hydroxyl groups is 1. The largest absolute Gasteiger partial charge is 0.504 e. The number of hydrogen-bond donors (Lipinski definition) is 2. The number of hydrogen-bond acceptors (Lipinski definition) is 7. The highest BCUT2D eigenvalue weighted by Gasteiger charge is 2.32. The van der Waals surface area contributed by atoms with E-state index in [2.05, 4.69) is 9.97 Å². The second-order valence-electron chi connectivity index (χ2n) is 7.68. The van der Waals surface area contributed by atoms with Crippen LogP contribution in [0.25, 0.3) is 6.08 Å². The molecular formula is C16H22N4O2S2. The van der Waals surface area contributed by atoms with Crippen molar-refractivity contribution >= 4 is 40.3 Å². The lowest BCUT2D eigenvalue weighted by Crippen LogP contribution is -2.34. The van der Waals surface area contributed by atoms with Gasteiger partial charge in [-0.3, -0.25) is 4.79 Å². The van der Waals surface area contributed by atoms with Gasteiger partial charge in [0.2, 0.25) is 0 Å². The number of aromatic nitrogens is 2. The normalized spacial score (nSPS) is 18.0. The van der Waals surface area contributed by atoms with Crippen molar-refractivity contribution < 1.29 is 9.90 Å². The number of carbonyl (C=O) groups excluding carboxylic acids is 1. The molecule has 1 aromatic rings. The number of hydrazine groups is 1. The Kier molecular flexibility index (Phi) is 4.78. The predicted molar refractivity (Wildman–Crippen MR) is 100 cm³/mol. The Bertz CT molecular complexity index is 710. The zero-order chi connectivity index (χ0) is 18.4. The maximum absolute atomic E-state index is 12.1. The van der Waals surface area contributed by atoms with Crippen LogP contribution in [0.15, 0.2) is 4.91 Å². The van der Waals surface area contributed by atoms with Crippen LogP contribution in [-0.4, -0.2) is 30.3 Å². The van der Waals surface area contributed by atoms with Gasteiger partial charge in [-0.05, 0) is 0 Å². The Balaban J connectivity index is 2.64. The highest BCUT2D eigenvalue weighted by atomic mass is 32.2. The van der Waals surface area contributed by atoms with Crippen molar-refractivity contribution in [1.82, 2.24) is 15.0 Å². The molecule has 130 valence electrons. The number of carbonyl (C=O) groups is 1. The molecule has 0 unspecified atom stereocenters. The van der Waals surface area contributed by atoms with Crippen LogP contribution in [-0.2, 0) is 15.6 Å². The number of rotatable bonds is 1. The Hall–Kier alpha value is -1.51. The molecule has 1 saturated heterocycles. The fourth-order valence-corrected chi connectivity index (χ4v) is 3.25. The number of nitrogens with zero attached hydrogens (tertiary/aromatic N) is 3. The van der Waals surface area contributed by atoms with Gasteiger partial charge in [0.05, 0.1) is 16.3 Å². The van der Waals surface area contributed by atoms with Gasteiger partial charge < -0.3 is 5.11 Å². The van der Waals surface area contributed by atoms with E-state index in [-0.39, 0.29) is 26.8 Å². The van der Waals surface area contributed by atoms with Crippen LogP contribution in [0.1, 0.15) is 58.8 Å². The number of thioether (sulfide) groups is 1. The van der Waals surface area contributed by atoms with E-state index in [0.717, 1.165) is 16.8 Å². The van der Waals surface area contributed by atoms with Crippen molar-refractivity contribution in [2.45, 2.75) is 52.4 Å². The summed E-state index contributed by atoms with van der Waals surface area (Å²) in [7, 11) is 0. The highest BCUT2D eigenvalue weighted by molar-refractivity contribution is 8.26. The lowest BCUT2D eigenvalue weighted by atomic mass is 9.85. The minimum atomic E-state index is -0.378. The molecule has 0 radical (unpaired) electrons. The molecule has 1 aliphatic heterocycles. The molecule has 24 heavy (non-hydrogen) atoms. The number of amides is 1. The molecule has 0 aliphatic carbocycles. The molecule has 3 N–H and O–H groups in total. The van der Waals surface area contributed by atoms with E-state index in [1.54, 1.807) is 6.08 Å². The van der Waals surface area contributed by atoms with Crippen molar-refractivity contribution in [2.75, 3.05) is 0 Å². The van der Waals surface area contributed by atoms with Gasteiger partial charge in [0.25, 0.3) is 5.91 Å². The van der Waals surface area contributed by atoms with Crippen molar-refractivity contribution in [3.63, 3.8) is 0 Å². The number of thiocarbonyl (C=S) groups is 1. The molecule has 1 aliphatic rings. The Morgan fingerprint density at radius 2 is 1.58 bits per heavy atom. The summed E-state index contributed by atoms with van der Waals surface area (Å²) in [6.07, 6.45) is 1.57. The van der Waals surface area contributed by atoms with Crippen molar-refractivity contribution in [3.05, 3.63) is 22.1 Å². The molecule has 6 nitrogen and oxygen atoms in total. The minimum absolute atomic E-state index is 0.0959.